The maximum absolute atomic E-state index is 14.3. The minimum atomic E-state index is -4.80. The second-order valence-electron chi connectivity index (χ2n) is 9.02. The van der Waals surface area contributed by atoms with Gasteiger partial charge in [0.25, 0.3) is 0 Å². The van der Waals surface area contributed by atoms with E-state index in [9.17, 15) is 18.0 Å². The first-order valence-corrected chi connectivity index (χ1v) is 12.2. The highest BCUT2D eigenvalue weighted by Gasteiger charge is 2.45. The third-order valence-corrected chi connectivity index (χ3v) is 6.37. The Hall–Kier alpha value is -3.58. The molecule has 0 unspecified atom stereocenters. The first-order chi connectivity index (χ1) is 18.0. The van der Waals surface area contributed by atoms with E-state index in [0.717, 1.165) is 12.8 Å². The van der Waals surface area contributed by atoms with Gasteiger partial charge in [0.1, 0.15) is 5.82 Å². The minimum absolute atomic E-state index is 0.112. The number of carboxylic acid groups (broad SMARTS) is 1. The number of nitrogens with one attached hydrogen (secondary N) is 1. The zero-order valence-electron chi connectivity index (χ0n) is 20.5. The molecule has 0 radical (unpaired) electrons. The monoisotopic (exact) mass is 553 g/mol. The van der Waals surface area contributed by atoms with Crippen LogP contribution >= 0.6 is 11.6 Å². The summed E-state index contributed by atoms with van der Waals surface area (Å²) >= 11 is 6.10. The van der Waals surface area contributed by atoms with Gasteiger partial charge in [-0.05, 0) is 50.4 Å². The third-order valence-electron chi connectivity index (χ3n) is 6.13. The summed E-state index contributed by atoms with van der Waals surface area (Å²) in [5.41, 5.74) is 6.39. The van der Waals surface area contributed by atoms with Gasteiger partial charge in [-0.1, -0.05) is 17.7 Å². The molecule has 10 nitrogen and oxygen atoms in total. The number of alkyl halides is 3. The zero-order valence-corrected chi connectivity index (χ0v) is 21.2. The summed E-state index contributed by atoms with van der Waals surface area (Å²) < 4.78 is 49.7. The summed E-state index contributed by atoms with van der Waals surface area (Å²) in [6.45, 7) is 3.31. The molecule has 38 heavy (non-hydrogen) atoms. The van der Waals surface area contributed by atoms with Crippen molar-refractivity contribution in [2.75, 3.05) is 36.8 Å². The van der Waals surface area contributed by atoms with Gasteiger partial charge in [-0.3, -0.25) is 4.79 Å². The van der Waals surface area contributed by atoms with Gasteiger partial charge in [0.05, 0.1) is 17.9 Å². The van der Waals surface area contributed by atoms with Crippen LogP contribution in [0.4, 0.5) is 24.9 Å². The number of carbonyl (C=O) groups is 1. The van der Waals surface area contributed by atoms with Gasteiger partial charge < -0.3 is 25.8 Å². The fraction of sp³-hybridized carbons (Fsp3) is 0.417. The SMILES string of the molecule is Cc1ccn(-c2cc(Cl)ccc2[C@@H](Oc2cc(N3CCC(CNCC(=O)O)CC3)nc(N)n2)C(F)(F)F)n1. The second-order valence-corrected chi connectivity index (χ2v) is 9.46. The molecule has 1 atom stereocenters. The van der Waals surface area contributed by atoms with Crippen LogP contribution in [0, 0.1) is 12.8 Å². The summed E-state index contributed by atoms with van der Waals surface area (Å²) in [5.74, 6) is -0.844. The first-order valence-electron chi connectivity index (χ1n) is 11.9. The summed E-state index contributed by atoms with van der Waals surface area (Å²) in [4.78, 5) is 20.7. The molecule has 1 fully saturated rings. The lowest BCUT2D eigenvalue weighted by molar-refractivity contribution is -0.198. The highest BCUT2D eigenvalue weighted by molar-refractivity contribution is 6.30. The lowest BCUT2D eigenvalue weighted by Crippen LogP contribution is -2.38. The molecule has 0 amide bonds. The van der Waals surface area contributed by atoms with Crippen LogP contribution < -0.4 is 20.7 Å². The van der Waals surface area contributed by atoms with E-state index in [2.05, 4.69) is 20.4 Å². The van der Waals surface area contributed by atoms with Crippen LogP contribution in [0.3, 0.4) is 0 Å². The smallest absolute Gasteiger partial charge is 0.429 e. The average Bonchev–Trinajstić information content (AvgIpc) is 3.28. The second kappa shape index (κ2) is 11.4. The Morgan fingerprint density at radius 2 is 2.00 bits per heavy atom. The normalized spacial score (nSPS) is 15.4. The number of anilines is 2. The lowest BCUT2D eigenvalue weighted by Gasteiger charge is -2.33. The predicted molar refractivity (Wildman–Crippen MR) is 135 cm³/mol. The van der Waals surface area contributed by atoms with Crippen molar-refractivity contribution in [2.45, 2.75) is 32.0 Å². The van der Waals surface area contributed by atoms with Crippen molar-refractivity contribution in [3.8, 4) is 11.6 Å². The Labute approximate surface area is 221 Å². The Morgan fingerprint density at radius 1 is 1.26 bits per heavy atom. The topological polar surface area (TPSA) is 131 Å². The van der Waals surface area contributed by atoms with E-state index in [4.69, 9.17) is 27.2 Å². The van der Waals surface area contributed by atoms with Crippen molar-refractivity contribution in [2.24, 2.45) is 5.92 Å². The molecule has 204 valence electrons. The van der Waals surface area contributed by atoms with Crippen LogP contribution in [0.15, 0.2) is 36.5 Å². The van der Waals surface area contributed by atoms with E-state index in [1.807, 2.05) is 4.90 Å². The number of aryl methyl sites for hydroxylation is 1. The van der Waals surface area contributed by atoms with Gasteiger partial charge in [0.2, 0.25) is 17.9 Å². The van der Waals surface area contributed by atoms with Gasteiger partial charge in [0.15, 0.2) is 0 Å². The number of aliphatic carboxylic acids is 1. The third kappa shape index (κ3) is 6.84. The number of aromatic nitrogens is 4. The Balaban J connectivity index is 1.56. The van der Waals surface area contributed by atoms with Gasteiger partial charge >= 0.3 is 12.1 Å². The van der Waals surface area contributed by atoms with Gasteiger partial charge in [-0.25, -0.2) is 4.68 Å². The molecule has 1 aliphatic heterocycles. The maximum Gasteiger partial charge on any atom is 0.429 e. The Bertz CT molecular complexity index is 1280. The predicted octanol–water partition coefficient (Wildman–Crippen LogP) is 3.78. The van der Waals surface area contributed by atoms with Crippen molar-refractivity contribution < 1.29 is 27.8 Å². The number of nitrogens with zero attached hydrogens (tertiary/aromatic N) is 5. The molecule has 3 heterocycles. The molecule has 0 spiro atoms. The van der Waals surface area contributed by atoms with Crippen LogP contribution in [0.25, 0.3) is 5.69 Å². The van der Waals surface area contributed by atoms with E-state index >= 15 is 0 Å². The molecule has 1 aromatic carbocycles. The van der Waals surface area contributed by atoms with Crippen LogP contribution in [0.5, 0.6) is 5.88 Å². The molecule has 0 bridgehead atoms. The molecular formula is C24H27ClF3N7O3. The summed E-state index contributed by atoms with van der Waals surface area (Å²) in [6, 6.07) is 7.00. The van der Waals surface area contributed by atoms with E-state index in [0.29, 0.717) is 31.1 Å². The van der Waals surface area contributed by atoms with Gasteiger partial charge in [-0.2, -0.15) is 28.2 Å². The molecule has 2 aromatic heterocycles. The van der Waals surface area contributed by atoms with Gasteiger partial charge in [-0.15, -0.1) is 0 Å². The summed E-state index contributed by atoms with van der Waals surface area (Å²) in [7, 11) is 0. The number of nitrogens with two attached hydrogens (primary N) is 1. The molecule has 1 aliphatic rings. The number of ether oxygens (including phenoxy) is 1. The Kier molecular flexibility index (Phi) is 8.26. The van der Waals surface area contributed by atoms with Crippen LogP contribution in [0.2, 0.25) is 5.02 Å². The van der Waals surface area contributed by atoms with Crippen molar-refractivity contribution in [1.82, 2.24) is 25.1 Å². The van der Waals surface area contributed by atoms with Gasteiger partial charge in [0, 0.05) is 35.9 Å². The number of hydrogen-bond donors (Lipinski definition) is 3. The number of piperidine rings is 1. The van der Waals surface area contributed by atoms with Crippen LogP contribution in [-0.2, 0) is 4.79 Å². The van der Waals surface area contributed by atoms with Crippen molar-refractivity contribution in [1.29, 1.82) is 0 Å². The zero-order chi connectivity index (χ0) is 27.4. The number of hydrogen-bond acceptors (Lipinski definition) is 8. The number of halogens is 4. The quantitative estimate of drug-likeness (QED) is 0.362. The summed E-state index contributed by atoms with van der Waals surface area (Å²) in [5, 5.41) is 16.1. The lowest BCUT2D eigenvalue weighted by atomic mass is 9.97. The van der Waals surface area contributed by atoms with Crippen molar-refractivity contribution in [3.05, 3.63) is 52.8 Å². The molecule has 4 rings (SSSR count). The first kappa shape index (κ1) is 27.5. The molecule has 1 saturated heterocycles. The Morgan fingerprint density at radius 3 is 2.63 bits per heavy atom. The molecular weight excluding hydrogens is 527 g/mol. The number of rotatable bonds is 9. The average molecular weight is 554 g/mol. The molecule has 0 aliphatic carbocycles. The van der Waals surface area contributed by atoms with Crippen molar-refractivity contribution >= 4 is 29.3 Å². The highest BCUT2D eigenvalue weighted by atomic mass is 35.5. The van der Waals surface area contributed by atoms with Crippen LogP contribution in [0.1, 0.15) is 30.2 Å². The standard InChI is InChI=1S/C24H27ClF3N7O3/c1-14-4-9-35(33-14)18-10-16(25)2-3-17(18)22(24(26,27)28)38-20-11-19(31-23(29)32-20)34-7-5-15(6-8-34)12-30-13-21(36)37/h2-4,9-11,15,22,30H,5-8,12-13H2,1H3,(H,36,37)(H2,29,31,32)/t22-/m1/s1. The minimum Gasteiger partial charge on any atom is -0.480 e. The summed E-state index contributed by atoms with van der Waals surface area (Å²) in [6.07, 6.45) is -4.15. The largest absolute Gasteiger partial charge is 0.480 e. The van der Waals surface area contributed by atoms with E-state index in [1.165, 1.54) is 28.9 Å². The van der Waals surface area contributed by atoms with Crippen LogP contribution in [-0.4, -0.2) is 63.2 Å². The fourth-order valence-electron chi connectivity index (χ4n) is 4.32. The molecule has 3 aromatic rings. The van der Waals surface area contributed by atoms with E-state index < -0.39 is 18.2 Å². The molecule has 0 saturated carbocycles. The molecule has 14 heteroatoms. The fourth-order valence-corrected chi connectivity index (χ4v) is 4.48. The maximum atomic E-state index is 14.3. The highest BCUT2D eigenvalue weighted by Crippen LogP contribution is 2.40. The number of nitrogen functional groups attached to an aromatic ring is 1. The number of carboxylic acids is 1. The number of benzene rings is 1. The van der Waals surface area contributed by atoms with Crippen molar-refractivity contribution in [3.63, 3.8) is 0 Å². The van der Waals surface area contributed by atoms with E-state index in [1.54, 1.807) is 19.2 Å². The van der Waals surface area contributed by atoms with E-state index in [-0.39, 0.29) is 40.6 Å². The molecule has 4 N–H and O–H groups in total.